The molecule has 0 aliphatic rings. The van der Waals surface area contributed by atoms with Crippen LogP contribution < -0.4 is 5.32 Å². The van der Waals surface area contributed by atoms with Gasteiger partial charge in [-0.2, -0.15) is 0 Å². The molecule has 0 aliphatic heterocycles. The molecular weight excluding hydrogens is 358 g/mol. The summed E-state index contributed by atoms with van der Waals surface area (Å²) in [5.41, 5.74) is -0.527. The third kappa shape index (κ3) is 6.37. The maximum atomic E-state index is 12.4. The average Bonchev–Trinajstić information content (AvgIpc) is 2.37. The van der Waals surface area contributed by atoms with E-state index in [0.717, 1.165) is 0 Å². The molecular formula is C15H20ClNO6S. The molecule has 0 bridgehead atoms. The van der Waals surface area contributed by atoms with Gasteiger partial charge in [0.25, 0.3) is 0 Å². The van der Waals surface area contributed by atoms with E-state index in [1.165, 1.54) is 12.1 Å². The second kappa shape index (κ2) is 7.85. The van der Waals surface area contributed by atoms with Crippen molar-refractivity contribution in [3.63, 3.8) is 0 Å². The van der Waals surface area contributed by atoms with Crippen LogP contribution in [0.3, 0.4) is 0 Å². The lowest BCUT2D eigenvalue weighted by Crippen LogP contribution is -2.37. The quantitative estimate of drug-likeness (QED) is 0.787. The highest BCUT2D eigenvalue weighted by atomic mass is 35.5. The second-order valence-corrected chi connectivity index (χ2v) is 8.68. The predicted molar refractivity (Wildman–Crippen MR) is 89.9 cm³/mol. The number of carboxylic acids is 1. The van der Waals surface area contributed by atoms with Crippen molar-refractivity contribution in [2.75, 3.05) is 12.3 Å². The standard InChI is InChI=1S/C15H20ClNO6S/c1-15(2,3)23-14(20)17-8-12(24(21,22)9-13(18)19)10-6-4-5-7-11(10)16/h4-7,12H,8-9H2,1-3H3,(H,17,20)(H,18,19). The number of aliphatic carboxylic acids is 1. The summed E-state index contributed by atoms with van der Waals surface area (Å²) in [6.07, 6.45) is -0.801. The van der Waals surface area contributed by atoms with Crippen molar-refractivity contribution in [1.29, 1.82) is 0 Å². The molecule has 7 nitrogen and oxygen atoms in total. The Bertz CT molecular complexity index is 711. The molecule has 1 amide bonds. The van der Waals surface area contributed by atoms with Gasteiger partial charge in [-0.1, -0.05) is 29.8 Å². The number of hydrogen-bond acceptors (Lipinski definition) is 5. The molecule has 0 radical (unpaired) electrons. The van der Waals surface area contributed by atoms with Gasteiger partial charge in [0.2, 0.25) is 0 Å². The van der Waals surface area contributed by atoms with E-state index in [2.05, 4.69) is 5.32 Å². The highest BCUT2D eigenvalue weighted by molar-refractivity contribution is 7.92. The lowest BCUT2D eigenvalue weighted by molar-refractivity contribution is -0.134. The van der Waals surface area contributed by atoms with Gasteiger partial charge in [0.1, 0.15) is 16.6 Å². The monoisotopic (exact) mass is 377 g/mol. The van der Waals surface area contributed by atoms with Crippen LogP contribution in [0.2, 0.25) is 5.02 Å². The van der Waals surface area contributed by atoms with E-state index in [4.69, 9.17) is 21.4 Å². The highest BCUT2D eigenvalue weighted by Crippen LogP contribution is 2.29. The Morgan fingerprint density at radius 3 is 2.38 bits per heavy atom. The zero-order valence-electron chi connectivity index (χ0n) is 13.6. The number of hydrogen-bond donors (Lipinski definition) is 2. The van der Waals surface area contributed by atoms with Crippen LogP contribution in [0.15, 0.2) is 24.3 Å². The van der Waals surface area contributed by atoms with E-state index in [-0.39, 0.29) is 17.1 Å². The molecule has 2 N–H and O–H groups in total. The van der Waals surface area contributed by atoms with Gasteiger partial charge in [0.05, 0.1) is 0 Å². The smallest absolute Gasteiger partial charge is 0.407 e. The van der Waals surface area contributed by atoms with Crippen molar-refractivity contribution < 1.29 is 27.9 Å². The second-order valence-electron chi connectivity index (χ2n) is 6.09. The van der Waals surface area contributed by atoms with E-state index < -0.39 is 38.5 Å². The first kappa shape index (κ1) is 20.2. The van der Waals surface area contributed by atoms with Crippen LogP contribution in [-0.2, 0) is 19.4 Å². The molecule has 0 fully saturated rings. The fourth-order valence-corrected chi connectivity index (χ4v) is 3.74. The molecule has 1 aromatic rings. The summed E-state index contributed by atoms with van der Waals surface area (Å²) < 4.78 is 29.8. The number of carbonyl (C=O) groups excluding carboxylic acids is 1. The van der Waals surface area contributed by atoms with Crippen molar-refractivity contribution in [2.24, 2.45) is 0 Å². The van der Waals surface area contributed by atoms with Gasteiger partial charge in [0.15, 0.2) is 9.84 Å². The van der Waals surface area contributed by atoms with Crippen molar-refractivity contribution in [1.82, 2.24) is 5.32 Å². The summed E-state index contributed by atoms with van der Waals surface area (Å²) in [6, 6.07) is 6.17. The number of carboxylic acid groups (broad SMARTS) is 1. The summed E-state index contributed by atoms with van der Waals surface area (Å²) in [6.45, 7) is 4.64. The normalized spacial score (nSPS) is 13.2. The van der Waals surface area contributed by atoms with Crippen LogP contribution in [0.25, 0.3) is 0 Å². The number of carbonyl (C=O) groups is 2. The van der Waals surface area contributed by atoms with Crippen LogP contribution in [0.4, 0.5) is 4.79 Å². The molecule has 9 heteroatoms. The molecule has 1 rings (SSSR count). The third-order valence-corrected chi connectivity index (χ3v) is 5.12. The fourth-order valence-electron chi connectivity index (χ4n) is 1.93. The van der Waals surface area contributed by atoms with Crippen molar-refractivity contribution in [3.05, 3.63) is 34.9 Å². The largest absolute Gasteiger partial charge is 0.480 e. The van der Waals surface area contributed by atoms with E-state index in [1.807, 2.05) is 0 Å². The van der Waals surface area contributed by atoms with Crippen LogP contribution in [0.5, 0.6) is 0 Å². The van der Waals surface area contributed by atoms with Crippen molar-refractivity contribution in [3.8, 4) is 0 Å². The van der Waals surface area contributed by atoms with E-state index in [1.54, 1.807) is 32.9 Å². The minimum atomic E-state index is -4.09. The maximum Gasteiger partial charge on any atom is 0.407 e. The SMILES string of the molecule is CC(C)(C)OC(=O)NCC(c1ccccc1Cl)S(=O)(=O)CC(=O)O. The first-order chi connectivity index (χ1) is 10.9. The summed E-state index contributed by atoms with van der Waals surface area (Å²) in [7, 11) is -4.09. The Balaban J connectivity index is 3.05. The number of rotatable bonds is 6. The molecule has 1 atom stereocenters. The Morgan fingerprint density at radius 1 is 1.29 bits per heavy atom. The van der Waals surface area contributed by atoms with Gasteiger partial charge in [0, 0.05) is 11.6 Å². The van der Waals surface area contributed by atoms with Gasteiger partial charge >= 0.3 is 12.1 Å². The summed E-state index contributed by atoms with van der Waals surface area (Å²) in [4.78, 5) is 22.6. The minimum absolute atomic E-state index is 0.169. The molecule has 0 heterocycles. The number of halogens is 1. The molecule has 0 spiro atoms. The number of nitrogens with one attached hydrogen (secondary N) is 1. The molecule has 24 heavy (non-hydrogen) atoms. The lowest BCUT2D eigenvalue weighted by Gasteiger charge is -2.22. The first-order valence-electron chi connectivity index (χ1n) is 7.07. The molecule has 1 unspecified atom stereocenters. The summed E-state index contributed by atoms with van der Waals surface area (Å²) >= 11 is 6.03. The average molecular weight is 378 g/mol. The lowest BCUT2D eigenvalue weighted by atomic mass is 10.1. The van der Waals surface area contributed by atoms with Crippen LogP contribution in [0, 0.1) is 0 Å². The Morgan fingerprint density at radius 2 is 1.88 bits per heavy atom. The molecule has 1 aromatic carbocycles. The zero-order valence-corrected chi connectivity index (χ0v) is 15.1. The maximum absolute atomic E-state index is 12.4. The minimum Gasteiger partial charge on any atom is -0.480 e. The van der Waals surface area contributed by atoms with E-state index >= 15 is 0 Å². The summed E-state index contributed by atoms with van der Waals surface area (Å²) in [5.74, 6) is -2.55. The number of benzene rings is 1. The Labute approximate surface area is 145 Å². The van der Waals surface area contributed by atoms with Crippen molar-refractivity contribution >= 4 is 33.5 Å². The van der Waals surface area contributed by atoms with Crippen LogP contribution >= 0.6 is 11.6 Å². The van der Waals surface area contributed by atoms with Crippen LogP contribution in [0.1, 0.15) is 31.6 Å². The van der Waals surface area contributed by atoms with Gasteiger partial charge in [-0.3, -0.25) is 4.79 Å². The Hall–Kier alpha value is -1.80. The number of alkyl carbamates (subject to hydrolysis) is 1. The van der Waals surface area contributed by atoms with E-state index in [0.29, 0.717) is 0 Å². The molecule has 0 saturated heterocycles. The van der Waals surface area contributed by atoms with Gasteiger partial charge < -0.3 is 15.2 Å². The third-order valence-electron chi connectivity index (χ3n) is 2.84. The fraction of sp³-hybridized carbons (Fsp3) is 0.467. The molecule has 0 saturated carbocycles. The van der Waals surface area contributed by atoms with Crippen molar-refractivity contribution in [2.45, 2.75) is 31.6 Å². The van der Waals surface area contributed by atoms with Gasteiger partial charge in [-0.15, -0.1) is 0 Å². The topological polar surface area (TPSA) is 110 Å². The predicted octanol–water partition coefficient (Wildman–Crippen LogP) is 2.41. The molecule has 0 aliphatic carbocycles. The van der Waals surface area contributed by atoms with Gasteiger partial charge in [-0.05, 0) is 32.4 Å². The zero-order chi connectivity index (χ0) is 18.5. The highest BCUT2D eigenvalue weighted by Gasteiger charge is 2.32. The van der Waals surface area contributed by atoms with Gasteiger partial charge in [-0.25, -0.2) is 13.2 Å². The number of sulfone groups is 1. The number of amides is 1. The molecule has 134 valence electrons. The molecule has 0 aromatic heterocycles. The first-order valence-corrected chi connectivity index (χ1v) is 9.16. The summed E-state index contributed by atoms with van der Waals surface area (Å²) in [5, 5.41) is 10.0. The Kier molecular flexibility index (Phi) is 6.62. The van der Waals surface area contributed by atoms with E-state index in [9.17, 15) is 18.0 Å². The van der Waals surface area contributed by atoms with Crippen LogP contribution in [-0.4, -0.2) is 43.5 Å². The number of ether oxygens (including phenoxy) is 1.